The molecule has 1 saturated carbocycles. The van der Waals surface area contributed by atoms with Gasteiger partial charge in [-0.05, 0) is 42.7 Å². The van der Waals surface area contributed by atoms with Crippen molar-refractivity contribution >= 4 is 11.8 Å². The normalized spacial score (nSPS) is 17.6. The van der Waals surface area contributed by atoms with Crippen LogP contribution in [0.25, 0.3) is 0 Å². The number of rotatable bonds is 5. The summed E-state index contributed by atoms with van der Waals surface area (Å²) in [5.41, 5.74) is 2.75. The molecule has 0 bridgehead atoms. The Morgan fingerprint density at radius 1 is 1.15 bits per heavy atom. The number of nitrogens with one attached hydrogen (secondary N) is 2. The molecule has 1 heterocycles. The van der Waals surface area contributed by atoms with Gasteiger partial charge in [0, 0.05) is 30.1 Å². The van der Waals surface area contributed by atoms with Crippen molar-refractivity contribution in [2.45, 2.75) is 24.8 Å². The van der Waals surface area contributed by atoms with Gasteiger partial charge in [-0.3, -0.25) is 9.59 Å². The Morgan fingerprint density at radius 3 is 2.67 bits per heavy atom. The van der Waals surface area contributed by atoms with Crippen LogP contribution in [0.2, 0.25) is 0 Å². The van der Waals surface area contributed by atoms with Crippen LogP contribution < -0.4 is 20.1 Å². The lowest BCUT2D eigenvalue weighted by atomic mass is 9.90. The first kappa shape index (κ1) is 17.4. The van der Waals surface area contributed by atoms with Gasteiger partial charge in [0.2, 0.25) is 0 Å². The van der Waals surface area contributed by atoms with Crippen LogP contribution in [0.5, 0.6) is 11.5 Å². The van der Waals surface area contributed by atoms with E-state index in [0.717, 1.165) is 29.7 Å². The van der Waals surface area contributed by atoms with Gasteiger partial charge in [-0.1, -0.05) is 12.1 Å². The zero-order valence-electron chi connectivity index (χ0n) is 15.4. The molecule has 0 unspecified atom stereocenters. The molecule has 4 rings (SSSR count). The van der Waals surface area contributed by atoms with E-state index in [1.54, 1.807) is 20.2 Å². The van der Waals surface area contributed by atoms with Crippen LogP contribution in [0.15, 0.2) is 36.4 Å². The second-order valence-electron chi connectivity index (χ2n) is 6.91. The summed E-state index contributed by atoms with van der Waals surface area (Å²) in [5.74, 6) is 0.827. The molecule has 27 heavy (non-hydrogen) atoms. The fourth-order valence-electron chi connectivity index (χ4n) is 3.39. The van der Waals surface area contributed by atoms with Crippen molar-refractivity contribution in [1.82, 2.24) is 10.6 Å². The molecule has 0 aromatic heterocycles. The van der Waals surface area contributed by atoms with E-state index in [2.05, 4.69) is 10.6 Å². The molecule has 2 aliphatic rings. The zero-order chi connectivity index (χ0) is 19.0. The summed E-state index contributed by atoms with van der Waals surface area (Å²) in [6, 6.07) is 11.5. The quantitative estimate of drug-likeness (QED) is 0.852. The van der Waals surface area contributed by atoms with Crippen molar-refractivity contribution in [2.75, 3.05) is 20.8 Å². The molecule has 1 aliphatic carbocycles. The monoisotopic (exact) mass is 366 g/mol. The van der Waals surface area contributed by atoms with E-state index >= 15 is 0 Å². The Morgan fingerprint density at radius 2 is 1.96 bits per heavy atom. The van der Waals surface area contributed by atoms with Crippen LogP contribution in [0.3, 0.4) is 0 Å². The van der Waals surface area contributed by atoms with E-state index in [1.807, 2.05) is 30.3 Å². The number of carbonyl (C=O) groups is 2. The van der Waals surface area contributed by atoms with Gasteiger partial charge in [-0.2, -0.15) is 0 Å². The van der Waals surface area contributed by atoms with E-state index in [4.69, 9.17) is 9.47 Å². The summed E-state index contributed by atoms with van der Waals surface area (Å²) in [7, 11) is 3.20. The smallest absolute Gasteiger partial charge is 0.254 e. The molecule has 2 aromatic rings. The van der Waals surface area contributed by atoms with E-state index in [1.165, 1.54) is 0 Å². The standard InChI is InChI=1S/C21H22N2O4/c1-22-21(25)17-10-13(20(24)23-14-6-7-14)9-16-18(11-27-19(16)17)12-4-3-5-15(8-12)26-2/h3-5,8-10,14,18H,6-7,11H2,1-2H3,(H,22,25)(H,23,24)/t18-/m0/s1. The minimum absolute atomic E-state index is 0.0628. The number of benzene rings is 2. The van der Waals surface area contributed by atoms with Crippen molar-refractivity contribution in [1.29, 1.82) is 0 Å². The van der Waals surface area contributed by atoms with Gasteiger partial charge in [-0.25, -0.2) is 0 Å². The molecule has 6 nitrogen and oxygen atoms in total. The van der Waals surface area contributed by atoms with Crippen molar-refractivity contribution in [3.63, 3.8) is 0 Å². The van der Waals surface area contributed by atoms with Gasteiger partial charge in [0.15, 0.2) is 0 Å². The van der Waals surface area contributed by atoms with E-state index in [9.17, 15) is 9.59 Å². The number of hydrogen-bond donors (Lipinski definition) is 2. The predicted octanol–water partition coefficient (Wildman–Crippen LogP) is 2.47. The van der Waals surface area contributed by atoms with Crippen LogP contribution >= 0.6 is 0 Å². The molecule has 2 amide bonds. The maximum absolute atomic E-state index is 12.6. The molecule has 1 aliphatic heterocycles. The lowest BCUT2D eigenvalue weighted by Gasteiger charge is -2.13. The Labute approximate surface area is 157 Å². The van der Waals surface area contributed by atoms with Gasteiger partial charge in [-0.15, -0.1) is 0 Å². The molecular weight excluding hydrogens is 344 g/mol. The maximum Gasteiger partial charge on any atom is 0.254 e. The lowest BCUT2D eigenvalue weighted by Crippen LogP contribution is -2.26. The van der Waals surface area contributed by atoms with Crippen molar-refractivity contribution < 1.29 is 19.1 Å². The molecule has 2 N–H and O–H groups in total. The largest absolute Gasteiger partial charge is 0.497 e. The second kappa shape index (κ2) is 6.95. The van der Waals surface area contributed by atoms with Crippen molar-refractivity contribution in [3.8, 4) is 11.5 Å². The van der Waals surface area contributed by atoms with Gasteiger partial charge in [0.1, 0.15) is 11.5 Å². The molecule has 0 saturated heterocycles. The molecule has 1 fully saturated rings. The molecule has 0 spiro atoms. The van der Waals surface area contributed by atoms with Crippen molar-refractivity contribution in [3.05, 3.63) is 58.7 Å². The van der Waals surface area contributed by atoms with Crippen LogP contribution in [0.1, 0.15) is 50.6 Å². The Kier molecular flexibility index (Phi) is 4.48. The maximum atomic E-state index is 12.6. The molecule has 6 heteroatoms. The SMILES string of the molecule is CNC(=O)c1cc(C(=O)NC2CC2)cc2c1OC[C@H]2c1cccc(OC)c1. The Hall–Kier alpha value is -3.02. The lowest BCUT2D eigenvalue weighted by molar-refractivity contribution is 0.0951. The number of fused-ring (bicyclic) bond motifs is 1. The Bertz CT molecular complexity index is 905. The summed E-state index contributed by atoms with van der Waals surface area (Å²) >= 11 is 0. The molecule has 0 radical (unpaired) electrons. The first-order valence-corrected chi connectivity index (χ1v) is 9.08. The summed E-state index contributed by atoms with van der Waals surface area (Å²) in [4.78, 5) is 25.0. The highest BCUT2D eigenvalue weighted by Gasteiger charge is 2.32. The van der Waals surface area contributed by atoms with Crippen LogP contribution in [-0.2, 0) is 0 Å². The van der Waals surface area contributed by atoms with Crippen molar-refractivity contribution in [2.24, 2.45) is 0 Å². The first-order chi connectivity index (χ1) is 13.1. The van der Waals surface area contributed by atoms with Gasteiger partial charge >= 0.3 is 0 Å². The van der Waals surface area contributed by atoms with Crippen LogP contribution in [0, 0.1) is 0 Å². The second-order valence-corrected chi connectivity index (χ2v) is 6.91. The average molecular weight is 366 g/mol. The predicted molar refractivity (Wildman–Crippen MR) is 101 cm³/mol. The van der Waals surface area contributed by atoms with Gasteiger partial charge in [0.25, 0.3) is 11.8 Å². The van der Waals surface area contributed by atoms with Gasteiger partial charge in [0.05, 0.1) is 19.3 Å². The number of amides is 2. The third-order valence-corrected chi connectivity index (χ3v) is 5.03. The highest BCUT2D eigenvalue weighted by molar-refractivity contribution is 6.02. The van der Waals surface area contributed by atoms with Gasteiger partial charge < -0.3 is 20.1 Å². The molecule has 2 aromatic carbocycles. The highest BCUT2D eigenvalue weighted by atomic mass is 16.5. The summed E-state index contributed by atoms with van der Waals surface area (Å²) < 4.78 is 11.2. The average Bonchev–Trinajstić information content (AvgIpc) is 3.41. The van der Waals surface area contributed by atoms with Crippen LogP contribution in [0.4, 0.5) is 0 Å². The molecule has 140 valence electrons. The van der Waals surface area contributed by atoms with E-state index in [0.29, 0.717) is 23.5 Å². The third-order valence-electron chi connectivity index (χ3n) is 5.03. The summed E-state index contributed by atoms with van der Waals surface area (Å²) in [5, 5.41) is 5.62. The molecule has 1 atom stereocenters. The van der Waals surface area contributed by atoms with E-state index < -0.39 is 0 Å². The topological polar surface area (TPSA) is 76.7 Å². The number of ether oxygens (including phenoxy) is 2. The zero-order valence-corrected chi connectivity index (χ0v) is 15.4. The number of methoxy groups -OCH3 is 1. The van der Waals surface area contributed by atoms with E-state index in [-0.39, 0.29) is 23.8 Å². The number of hydrogen-bond acceptors (Lipinski definition) is 4. The first-order valence-electron chi connectivity index (χ1n) is 9.08. The summed E-state index contributed by atoms with van der Waals surface area (Å²) in [6.45, 7) is 0.417. The fraction of sp³-hybridized carbons (Fsp3) is 0.333. The third kappa shape index (κ3) is 3.35. The fourth-order valence-corrected chi connectivity index (χ4v) is 3.39. The minimum atomic E-state index is -0.265. The Balaban J connectivity index is 1.77. The van der Waals surface area contributed by atoms with Crippen LogP contribution in [-0.4, -0.2) is 38.6 Å². The number of carbonyl (C=O) groups excluding carboxylic acids is 2. The molecular formula is C21H22N2O4. The minimum Gasteiger partial charge on any atom is -0.497 e. The summed E-state index contributed by atoms with van der Waals surface area (Å²) in [6.07, 6.45) is 2.02. The highest BCUT2D eigenvalue weighted by Crippen LogP contribution is 2.42.